The summed E-state index contributed by atoms with van der Waals surface area (Å²) in [4.78, 5) is 12.2. The molecule has 3 atom stereocenters. The summed E-state index contributed by atoms with van der Waals surface area (Å²) in [5.41, 5.74) is 6.89. The van der Waals surface area contributed by atoms with Gasteiger partial charge in [0.2, 0.25) is 0 Å². The highest BCUT2D eigenvalue weighted by Crippen LogP contribution is 2.26. The fourth-order valence-electron chi connectivity index (χ4n) is 2.15. The van der Waals surface area contributed by atoms with Crippen LogP contribution in [0.25, 0.3) is 11.2 Å². The maximum Gasteiger partial charge on any atom is 0.165 e. The number of aliphatic hydroxyl groups is 2. The lowest BCUT2D eigenvalue weighted by Crippen LogP contribution is -2.30. The molecular weight excluding hydrogens is 234 g/mol. The highest BCUT2D eigenvalue weighted by atomic mass is 16.3. The van der Waals surface area contributed by atoms with Crippen LogP contribution in [-0.2, 0) is 0 Å². The van der Waals surface area contributed by atoms with Crippen molar-refractivity contribution in [2.75, 3.05) is 5.73 Å². The van der Waals surface area contributed by atoms with Gasteiger partial charge < -0.3 is 20.5 Å². The van der Waals surface area contributed by atoms with Crippen LogP contribution >= 0.6 is 0 Å². The molecule has 0 radical (unpaired) electrons. The zero-order chi connectivity index (χ0) is 12.7. The summed E-state index contributed by atoms with van der Waals surface area (Å²) in [5.74, 6) is 0.333. The minimum absolute atomic E-state index is 0.0947. The smallest absolute Gasteiger partial charge is 0.165 e. The number of hydrogen-bond acceptors (Lipinski definition) is 6. The first-order valence-electron chi connectivity index (χ1n) is 5.64. The number of anilines is 1. The van der Waals surface area contributed by atoms with Crippen LogP contribution in [0.2, 0.25) is 0 Å². The Balaban J connectivity index is 2.05. The van der Waals surface area contributed by atoms with Crippen LogP contribution in [0, 0.1) is 0 Å². The van der Waals surface area contributed by atoms with Crippen molar-refractivity contribution in [1.82, 2.24) is 19.5 Å². The van der Waals surface area contributed by atoms with Gasteiger partial charge in [-0.3, -0.25) is 0 Å². The molecule has 7 heteroatoms. The molecule has 2 heterocycles. The number of allylic oxidation sites excluding steroid dienone is 1. The largest absolute Gasteiger partial charge is 0.390 e. The lowest BCUT2D eigenvalue weighted by atomic mass is 9.97. The van der Waals surface area contributed by atoms with Crippen molar-refractivity contribution in [3.63, 3.8) is 0 Å². The highest BCUT2D eigenvalue weighted by Gasteiger charge is 2.25. The molecule has 0 aromatic carbocycles. The van der Waals surface area contributed by atoms with Gasteiger partial charge in [0.15, 0.2) is 11.5 Å². The molecule has 0 unspecified atom stereocenters. The topological polar surface area (TPSA) is 110 Å². The van der Waals surface area contributed by atoms with Crippen LogP contribution in [0.5, 0.6) is 0 Å². The van der Waals surface area contributed by atoms with Gasteiger partial charge in [-0.2, -0.15) is 0 Å². The SMILES string of the molecule is Nc1ncnc2c1ncn2[C@@H]1C=C[C@@H](O)[C@@H](O)C1. The van der Waals surface area contributed by atoms with Crippen molar-refractivity contribution in [3.05, 3.63) is 24.8 Å². The number of nitrogen functional groups attached to an aromatic ring is 1. The zero-order valence-electron chi connectivity index (χ0n) is 9.51. The predicted octanol–water partition coefficient (Wildman–Crippen LogP) is -0.369. The molecule has 0 saturated carbocycles. The first-order chi connectivity index (χ1) is 8.66. The van der Waals surface area contributed by atoms with Gasteiger partial charge in [-0.05, 0) is 0 Å². The van der Waals surface area contributed by atoms with E-state index in [1.54, 1.807) is 12.4 Å². The van der Waals surface area contributed by atoms with E-state index in [9.17, 15) is 10.2 Å². The van der Waals surface area contributed by atoms with Gasteiger partial charge in [-0.25, -0.2) is 15.0 Å². The summed E-state index contributed by atoms with van der Waals surface area (Å²) in [6, 6.07) is -0.0947. The molecule has 4 N–H and O–H groups in total. The normalized spacial score (nSPS) is 27.8. The number of aromatic nitrogens is 4. The predicted molar refractivity (Wildman–Crippen MR) is 64.5 cm³/mol. The Labute approximate surface area is 103 Å². The third-order valence-corrected chi connectivity index (χ3v) is 3.15. The molecule has 1 aliphatic rings. The average molecular weight is 247 g/mol. The van der Waals surface area contributed by atoms with Gasteiger partial charge in [0.05, 0.1) is 24.6 Å². The first-order valence-corrected chi connectivity index (χ1v) is 5.64. The van der Waals surface area contributed by atoms with Crippen LogP contribution in [0.3, 0.4) is 0 Å². The first kappa shape index (κ1) is 11.1. The van der Waals surface area contributed by atoms with Crippen molar-refractivity contribution >= 4 is 17.0 Å². The van der Waals surface area contributed by atoms with E-state index in [4.69, 9.17) is 5.73 Å². The molecule has 18 heavy (non-hydrogen) atoms. The van der Waals surface area contributed by atoms with Crippen LogP contribution in [0.4, 0.5) is 5.82 Å². The minimum Gasteiger partial charge on any atom is -0.390 e. The van der Waals surface area contributed by atoms with E-state index in [-0.39, 0.29) is 6.04 Å². The highest BCUT2D eigenvalue weighted by molar-refractivity contribution is 5.81. The van der Waals surface area contributed by atoms with Gasteiger partial charge in [-0.15, -0.1) is 0 Å². The molecule has 0 fully saturated rings. The van der Waals surface area contributed by atoms with Crippen LogP contribution in [0.15, 0.2) is 24.8 Å². The van der Waals surface area contributed by atoms with Crippen molar-refractivity contribution < 1.29 is 10.2 Å². The van der Waals surface area contributed by atoms with Crippen molar-refractivity contribution in [2.45, 2.75) is 24.7 Å². The van der Waals surface area contributed by atoms with Crippen molar-refractivity contribution in [3.8, 4) is 0 Å². The Hall–Kier alpha value is -1.99. The van der Waals surface area contributed by atoms with E-state index in [0.29, 0.717) is 23.4 Å². The zero-order valence-corrected chi connectivity index (χ0v) is 9.51. The van der Waals surface area contributed by atoms with E-state index in [2.05, 4.69) is 15.0 Å². The molecule has 2 aromatic heterocycles. The maximum absolute atomic E-state index is 9.68. The number of hydrogen-bond donors (Lipinski definition) is 3. The van der Waals surface area contributed by atoms with E-state index in [1.165, 1.54) is 6.33 Å². The number of imidazole rings is 1. The van der Waals surface area contributed by atoms with Gasteiger partial charge >= 0.3 is 0 Å². The molecule has 2 aromatic rings. The summed E-state index contributed by atoms with van der Waals surface area (Å²) in [7, 11) is 0. The van der Waals surface area contributed by atoms with Gasteiger partial charge in [0, 0.05) is 6.42 Å². The maximum atomic E-state index is 9.68. The van der Waals surface area contributed by atoms with E-state index in [1.807, 2.05) is 10.6 Å². The molecule has 0 amide bonds. The third kappa shape index (κ3) is 1.64. The van der Waals surface area contributed by atoms with Gasteiger partial charge in [-0.1, -0.05) is 12.2 Å². The second-order valence-electron chi connectivity index (χ2n) is 4.33. The fraction of sp³-hybridized carbons (Fsp3) is 0.364. The number of fused-ring (bicyclic) bond motifs is 1. The van der Waals surface area contributed by atoms with Gasteiger partial charge in [0.1, 0.15) is 11.8 Å². The number of rotatable bonds is 1. The van der Waals surface area contributed by atoms with Crippen molar-refractivity contribution in [1.29, 1.82) is 0 Å². The summed E-state index contributed by atoms with van der Waals surface area (Å²) in [6.07, 6.45) is 5.23. The summed E-state index contributed by atoms with van der Waals surface area (Å²) >= 11 is 0. The fourth-order valence-corrected chi connectivity index (χ4v) is 2.15. The second-order valence-corrected chi connectivity index (χ2v) is 4.33. The summed E-state index contributed by atoms with van der Waals surface area (Å²) in [5, 5.41) is 19.1. The standard InChI is InChI=1S/C11H13N5O2/c12-10-9-11(14-4-13-10)16(5-15-9)6-1-2-7(17)8(18)3-6/h1-2,4-8,17-18H,3H2,(H2,12,13,14)/t6-,7-,8+/m1/s1. The molecule has 0 aliphatic heterocycles. The third-order valence-electron chi connectivity index (χ3n) is 3.15. The summed E-state index contributed by atoms with van der Waals surface area (Å²) < 4.78 is 1.82. The molecule has 0 saturated heterocycles. The lowest BCUT2D eigenvalue weighted by Gasteiger charge is -2.25. The Morgan fingerprint density at radius 3 is 2.83 bits per heavy atom. The number of nitrogens with zero attached hydrogens (tertiary/aromatic N) is 4. The number of nitrogens with two attached hydrogens (primary N) is 1. The molecule has 1 aliphatic carbocycles. The van der Waals surface area contributed by atoms with Crippen LogP contribution < -0.4 is 5.73 Å². The van der Waals surface area contributed by atoms with Crippen molar-refractivity contribution in [2.24, 2.45) is 0 Å². The van der Waals surface area contributed by atoms with Crippen LogP contribution in [-0.4, -0.2) is 41.9 Å². The molecule has 0 spiro atoms. The van der Waals surface area contributed by atoms with E-state index < -0.39 is 12.2 Å². The lowest BCUT2D eigenvalue weighted by molar-refractivity contribution is 0.0303. The molecule has 94 valence electrons. The summed E-state index contributed by atoms with van der Waals surface area (Å²) in [6.45, 7) is 0. The van der Waals surface area contributed by atoms with E-state index >= 15 is 0 Å². The Morgan fingerprint density at radius 1 is 1.22 bits per heavy atom. The molecule has 0 bridgehead atoms. The quantitative estimate of drug-likeness (QED) is 0.593. The van der Waals surface area contributed by atoms with Gasteiger partial charge in [0.25, 0.3) is 0 Å². The minimum atomic E-state index is -0.810. The van der Waals surface area contributed by atoms with Crippen LogP contribution in [0.1, 0.15) is 12.5 Å². The molecule has 3 rings (SSSR count). The Kier molecular flexibility index (Phi) is 2.49. The second kappa shape index (κ2) is 4.04. The Bertz CT molecular complexity index is 608. The average Bonchev–Trinajstić information content (AvgIpc) is 2.78. The number of aliphatic hydroxyl groups excluding tert-OH is 2. The monoisotopic (exact) mass is 247 g/mol. The van der Waals surface area contributed by atoms with E-state index in [0.717, 1.165) is 0 Å². The Morgan fingerprint density at radius 2 is 2.06 bits per heavy atom. The molecular formula is C11H13N5O2. The molecule has 7 nitrogen and oxygen atoms in total.